The molecule has 0 spiro atoms. The van der Waals surface area contributed by atoms with Gasteiger partial charge in [-0.3, -0.25) is 0 Å². The van der Waals surface area contributed by atoms with E-state index in [1.165, 1.54) is 6.07 Å². The molecule has 0 aliphatic carbocycles. The molecule has 0 aliphatic heterocycles. The van der Waals surface area contributed by atoms with Crippen LogP contribution in [-0.2, 0) is 6.42 Å². The maximum absolute atomic E-state index is 11.1. The van der Waals surface area contributed by atoms with Crippen molar-refractivity contribution in [2.75, 3.05) is 5.32 Å². The average molecular weight is 291 g/mol. The highest BCUT2D eigenvalue weighted by atomic mass is 35.5. The number of benzene rings is 1. The summed E-state index contributed by atoms with van der Waals surface area (Å²) in [6.07, 6.45) is 0.664. The van der Waals surface area contributed by atoms with Crippen LogP contribution in [0.4, 0.5) is 11.5 Å². The molecule has 0 radical (unpaired) electrons. The fourth-order valence-electron chi connectivity index (χ4n) is 1.87. The Bertz CT molecular complexity index is 636. The second-order valence-corrected chi connectivity index (χ2v) is 4.86. The molecule has 5 heteroatoms. The van der Waals surface area contributed by atoms with Crippen molar-refractivity contribution in [3.8, 4) is 0 Å². The first-order chi connectivity index (χ1) is 9.51. The molecule has 1 aromatic heterocycles. The van der Waals surface area contributed by atoms with Crippen molar-refractivity contribution in [2.24, 2.45) is 0 Å². The van der Waals surface area contributed by atoms with Crippen molar-refractivity contribution in [3.63, 3.8) is 0 Å². The number of halogens is 1. The smallest absolute Gasteiger partial charge is 0.335 e. The normalized spacial score (nSPS) is 10.3. The molecule has 0 amide bonds. The molecule has 20 heavy (non-hydrogen) atoms. The van der Waals surface area contributed by atoms with Crippen LogP contribution in [0.15, 0.2) is 30.3 Å². The first kappa shape index (κ1) is 14.3. The van der Waals surface area contributed by atoms with Gasteiger partial charge in [0.2, 0.25) is 0 Å². The first-order valence-corrected chi connectivity index (χ1v) is 6.65. The number of carboxylic acids is 1. The van der Waals surface area contributed by atoms with Crippen LogP contribution < -0.4 is 5.32 Å². The van der Waals surface area contributed by atoms with E-state index in [1.54, 1.807) is 12.1 Å². The Morgan fingerprint density at radius 3 is 2.75 bits per heavy atom. The number of rotatable bonds is 4. The van der Waals surface area contributed by atoms with Crippen LogP contribution in [0.1, 0.15) is 28.5 Å². The second-order valence-electron chi connectivity index (χ2n) is 4.45. The summed E-state index contributed by atoms with van der Waals surface area (Å²) in [5.41, 5.74) is 2.64. The molecule has 0 unspecified atom stereocenters. The van der Waals surface area contributed by atoms with E-state index in [4.69, 9.17) is 16.7 Å². The number of nitrogens with zero attached hydrogens (tertiary/aromatic N) is 1. The second kappa shape index (κ2) is 5.92. The standard InChI is InChI=1S/C15H15ClN2O2/c1-3-11-7-10(15(19)20)8-13(17-11)18-14-9(2)5-4-6-12(14)16/h4-8H,3H2,1-2H3,(H,17,18)(H,19,20). The number of nitrogens with one attached hydrogen (secondary N) is 1. The average Bonchev–Trinajstić information content (AvgIpc) is 2.42. The van der Waals surface area contributed by atoms with E-state index in [1.807, 2.05) is 26.0 Å². The fourth-order valence-corrected chi connectivity index (χ4v) is 2.14. The summed E-state index contributed by atoms with van der Waals surface area (Å²) in [7, 11) is 0. The van der Waals surface area contributed by atoms with E-state index in [0.29, 0.717) is 17.3 Å². The minimum Gasteiger partial charge on any atom is -0.478 e. The quantitative estimate of drug-likeness (QED) is 0.892. The van der Waals surface area contributed by atoms with Crippen LogP contribution >= 0.6 is 11.6 Å². The van der Waals surface area contributed by atoms with Crippen molar-refractivity contribution >= 4 is 29.1 Å². The molecule has 0 atom stereocenters. The third-order valence-corrected chi connectivity index (χ3v) is 3.28. The van der Waals surface area contributed by atoms with Gasteiger partial charge in [-0.05, 0) is 37.1 Å². The summed E-state index contributed by atoms with van der Waals surface area (Å²) in [5, 5.41) is 12.8. The lowest BCUT2D eigenvalue weighted by molar-refractivity contribution is 0.0696. The monoisotopic (exact) mass is 290 g/mol. The molecule has 0 saturated heterocycles. The van der Waals surface area contributed by atoms with Gasteiger partial charge in [-0.25, -0.2) is 9.78 Å². The van der Waals surface area contributed by atoms with E-state index < -0.39 is 5.97 Å². The molecule has 1 heterocycles. The van der Waals surface area contributed by atoms with Gasteiger partial charge in [0.15, 0.2) is 0 Å². The third kappa shape index (κ3) is 3.08. The van der Waals surface area contributed by atoms with Crippen molar-refractivity contribution < 1.29 is 9.90 Å². The highest BCUT2D eigenvalue weighted by molar-refractivity contribution is 6.33. The Hall–Kier alpha value is -2.07. The molecule has 4 nitrogen and oxygen atoms in total. The molecule has 104 valence electrons. The number of para-hydroxylation sites is 1. The number of aryl methyl sites for hydroxylation is 2. The van der Waals surface area contributed by atoms with Gasteiger partial charge in [-0.2, -0.15) is 0 Å². The number of carbonyl (C=O) groups is 1. The van der Waals surface area contributed by atoms with Gasteiger partial charge >= 0.3 is 5.97 Å². The zero-order valence-corrected chi connectivity index (χ0v) is 12.0. The molecule has 0 saturated carbocycles. The van der Waals surface area contributed by atoms with Crippen LogP contribution in [0.25, 0.3) is 0 Å². The summed E-state index contributed by atoms with van der Waals surface area (Å²) in [5.74, 6) is -0.487. The molecular formula is C15H15ClN2O2. The lowest BCUT2D eigenvalue weighted by Crippen LogP contribution is -2.04. The minimum absolute atomic E-state index is 0.212. The summed E-state index contributed by atoms with van der Waals surface area (Å²) < 4.78 is 0. The Kier molecular flexibility index (Phi) is 4.25. The van der Waals surface area contributed by atoms with Crippen molar-refractivity contribution in [1.29, 1.82) is 0 Å². The maximum Gasteiger partial charge on any atom is 0.335 e. The predicted octanol–water partition coefficient (Wildman–Crippen LogP) is 4.05. The van der Waals surface area contributed by atoms with Crippen LogP contribution in [0.3, 0.4) is 0 Å². The highest BCUT2D eigenvalue weighted by Gasteiger charge is 2.10. The Labute approximate surface area is 122 Å². The zero-order chi connectivity index (χ0) is 14.7. The number of aromatic carboxylic acids is 1. The molecule has 1 aromatic carbocycles. The molecule has 2 N–H and O–H groups in total. The first-order valence-electron chi connectivity index (χ1n) is 6.27. The van der Waals surface area contributed by atoms with E-state index in [0.717, 1.165) is 16.9 Å². The number of aromatic nitrogens is 1. The van der Waals surface area contributed by atoms with E-state index in [9.17, 15) is 4.79 Å². The van der Waals surface area contributed by atoms with Gasteiger partial charge in [-0.1, -0.05) is 30.7 Å². The molecule has 2 aromatic rings. The SMILES string of the molecule is CCc1cc(C(=O)O)cc(Nc2c(C)cccc2Cl)n1. The van der Waals surface area contributed by atoms with Gasteiger partial charge in [0.1, 0.15) is 5.82 Å². The summed E-state index contributed by atoms with van der Waals surface area (Å²) in [4.78, 5) is 15.5. The van der Waals surface area contributed by atoms with E-state index >= 15 is 0 Å². The summed E-state index contributed by atoms with van der Waals surface area (Å²) >= 11 is 6.15. The highest BCUT2D eigenvalue weighted by Crippen LogP contribution is 2.28. The number of pyridine rings is 1. The topological polar surface area (TPSA) is 62.2 Å². The lowest BCUT2D eigenvalue weighted by atomic mass is 10.1. The van der Waals surface area contributed by atoms with Gasteiger partial charge in [0.25, 0.3) is 0 Å². The molecule has 0 bridgehead atoms. The number of hydrogen-bond donors (Lipinski definition) is 2. The number of anilines is 2. The number of carboxylic acid groups (broad SMARTS) is 1. The predicted molar refractivity (Wildman–Crippen MR) is 80.0 cm³/mol. The van der Waals surface area contributed by atoms with Gasteiger partial charge in [0, 0.05) is 5.69 Å². The third-order valence-electron chi connectivity index (χ3n) is 2.96. The molecule has 0 fully saturated rings. The lowest BCUT2D eigenvalue weighted by Gasteiger charge is -2.12. The van der Waals surface area contributed by atoms with Gasteiger partial charge in [-0.15, -0.1) is 0 Å². The van der Waals surface area contributed by atoms with Crippen LogP contribution in [0.2, 0.25) is 5.02 Å². The zero-order valence-electron chi connectivity index (χ0n) is 11.3. The van der Waals surface area contributed by atoms with Crippen LogP contribution in [-0.4, -0.2) is 16.1 Å². The maximum atomic E-state index is 11.1. The van der Waals surface area contributed by atoms with Gasteiger partial charge in [0.05, 0.1) is 16.3 Å². The Morgan fingerprint density at radius 2 is 2.15 bits per heavy atom. The van der Waals surface area contributed by atoms with Crippen LogP contribution in [0.5, 0.6) is 0 Å². The van der Waals surface area contributed by atoms with Crippen molar-refractivity contribution in [3.05, 3.63) is 52.2 Å². The largest absolute Gasteiger partial charge is 0.478 e. The van der Waals surface area contributed by atoms with Gasteiger partial charge < -0.3 is 10.4 Å². The minimum atomic E-state index is -0.971. The Balaban J connectivity index is 2.43. The summed E-state index contributed by atoms with van der Waals surface area (Å²) in [6, 6.07) is 8.65. The van der Waals surface area contributed by atoms with E-state index in [-0.39, 0.29) is 5.56 Å². The summed E-state index contributed by atoms with van der Waals surface area (Å²) in [6.45, 7) is 3.86. The molecule has 0 aliphatic rings. The van der Waals surface area contributed by atoms with Crippen molar-refractivity contribution in [2.45, 2.75) is 20.3 Å². The number of hydrogen-bond acceptors (Lipinski definition) is 3. The fraction of sp³-hybridized carbons (Fsp3) is 0.200. The van der Waals surface area contributed by atoms with Crippen LogP contribution in [0, 0.1) is 6.92 Å². The molecule has 2 rings (SSSR count). The molecular weight excluding hydrogens is 276 g/mol. The van der Waals surface area contributed by atoms with E-state index in [2.05, 4.69) is 10.3 Å². The Morgan fingerprint density at radius 1 is 1.40 bits per heavy atom. The van der Waals surface area contributed by atoms with Crippen molar-refractivity contribution in [1.82, 2.24) is 4.98 Å².